The second-order valence-electron chi connectivity index (χ2n) is 8.69. The number of carbonyl (C=O) groups excluding carboxylic acids is 1. The molecule has 30 heavy (non-hydrogen) atoms. The van der Waals surface area contributed by atoms with E-state index in [2.05, 4.69) is 12.2 Å². The molecule has 1 aromatic carbocycles. The van der Waals surface area contributed by atoms with Crippen LogP contribution in [0.5, 0.6) is 5.75 Å². The van der Waals surface area contributed by atoms with E-state index in [-0.39, 0.29) is 11.5 Å². The van der Waals surface area contributed by atoms with Crippen molar-refractivity contribution in [1.29, 1.82) is 0 Å². The average molecular weight is 422 g/mol. The Labute approximate surface area is 175 Å². The van der Waals surface area contributed by atoms with Gasteiger partial charge < -0.3 is 25.5 Å². The van der Waals surface area contributed by atoms with E-state index >= 15 is 0 Å². The van der Waals surface area contributed by atoms with Gasteiger partial charge in [0.2, 0.25) is 0 Å². The van der Waals surface area contributed by atoms with Crippen LogP contribution in [0.4, 0.5) is 4.39 Å². The zero-order chi connectivity index (χ0) is 21.8. The van der Waals surface area contributed by atoms with Crippen LogP contribution in [0.1, 0.15) is 54.9 Å². The first-order chi connectivity index (χ1) is 14.3. The molecule has 0 radical (unpaired) electrons. The van der Waals surface area contributed by atoms with Gasteiger partial charge in [-0.2, -0.15) is 0 Å². The van der Waals surface area contributed by atoms with Gasteiger partial charge in [-0.15, -0.1) is 0 Å². The average Bonchev–Trinajstić information content (AvgIpc) is 3.04. The number of aliphatic hydroxyl groups excluding tert-OH is 1. The molecule has 0 spiro atoms. The Morgan fingerprint density at radius 2 is 2.00 bits per heavy atom. The van der Waals surface area contributed by atoms with Crippen molar-refractivity contribution >= 4 is 11.9 Å². The molecule has 3 rings (SSSR count). The second-order valence-corrected chi connectivity index (χ2v) is 8.69. The van der Waals surface area contributed by atoms with Crippen LogP contribution in [0, 0.1) is 23.6 Å². The van der Waals surface area contributed by atoms with Gasteiger partial charge in [0.15, 0.2) is 11.6 Å². The third kappa shape index (κ3) is 4.92. The van der Waals surface area contributed by atoms with Gasteiger partial charge in [0.05, 0.1) is 12.2 Å². The van der Waals surface area contributed by atoms with E-state index in [0.717, 1.165) is 32.1 Å². The molecule has 2 atom stereocenters. The highest BCUT2D eigenvalue weighted by atomic mass is 19.1. The summed E-state index contributed by atoms with van der Waals surface area (Å²) in [7, 11) is 0. The molecule has 2 aliphatic rings. The molecular formula is C22H31FN2O5. The van der Waals surface area contributed by atoms with Crippen molar-refractivity contribution in [1.82, 2.24) is 10.2 Å². The SMILES string of the molecule is CC(CCN[C@H](CO)C(=O)O)C1CCC(CN2Cc3ccc(O)c(F)c3C2=O)CC1. The van der Waals surface area contributed by atoms with Gasteiger partial charge in [-0.05, 0) is 68.0 Å². The van der Waals surface area contributed by atoms with Crippen LogP contribution in [0.3, 0.4) is 0 Å². The number of amides is 1. The van der Waals surface area contributed by atoms with E-state index in [1.807, 2.05) is 0 Å². The standard InChI is InChI=1S/C22H31FN2O5/c1-13(8-9-24-17(12-26)22(29)30)15-4-2-14(3-5-15)10-25-11-16-6-7-18(27)20(23)19(16)21(25)28/h6-7,13-15,17,24,26-27H,2-5,8-12H2,1H3,(H,29,30)/t13?,14?,15?,17-/m1/s1. The Hall–Kier alpha value is -2.19. The van der Waals surface area contributed by atoms with Crippen molar-refractivity contribution in [2.24, 2.45) is 17.8 Å². The van der Waals surface area contributed by atoms with Gasteiger partial charge in [0.1, 0.15) is 6.04 Å². The zero-order valence-electron chi connectivity index (χ0n) is 17.3. The molecule has 1 aliphatic carbocycles. The Morgan fingerprint density at radius 1 is 1.30 bits per heavy atom. The summed E-state index contributed by atoms with van der Waals surface area (Å²) in [5, 5.41) is 30.4. The van der Waals surface area contributed by atoms with Gasteiger partial charge in [-0.25, -0.2) is 4.39 Å². The first kappa shape index (κ1) is 22.5. The van der Waals surface area contributed by atoms with E-state index in [1.165, 1.54) is 6.07 Å². The van der Waals surface area contributed by atoms with Crippen LogP contribution in [0.2, 0.25) is 0 Å². The number of phenols is 1. The highest BCUT2D eigenvalue weighted by Gasteiger charge is 2.34. The number of carboxylic acids is 1. The molecule has 1 amide bonds. The van der Waals surface area contributed by atoms with Crippen LogP contribution >= 0.6 is 0 Å². The van der Waals surface area contributed by atoms with Gasteiger partial charge in [0.25, 0.3) is 5.91 Å². The molecule has 4 N–H and O–H groups in total. The van der Waals surface area contributed by atoms with E-state index in [9.17, 15) is 19.1 Å². The number of carbonyl (C=O) groups is 2. The minimum absolute atomic E-state index is 0.00681. The minimum Gasteiger partial charge on any atom is -0.505 e. The van der Waals surface area contributed by atoms with E-state index in [1.54, 1.807) is 11.0 Å². The summed E-state index contributed by atoms with van der Waals surface area (Å²) >= 11 is 0. The van der Waals surface area contributed by atoms with Crippen LogP contribution in [0.25, 0.3) is 0 Å². The number of benzene rings is 1. The summed E-state index contributed by atoms with van der Waals surface area (Å²) in [6.45, 7) is 3.31. The van der Waals surface area contributed by atoms with E-state index in [0.29, 0.717) is 43.0 Å². The maximum absolute atomic E-state index is 14.1. The Morgan fingerprint density at radius 3 is 2.63 bits per heavy atom. The summed E-state index contributed by atoms with van der Waals surface area (Å²) in [5.41, 5.74) is 0.639. The number of nitrogens with zero attached hydrogens (tertiary/aromatic N) is 1. The maximum Gasteiger partial charge on any atom is 0.323 e. The number of fused-ring (bicyclic) bond motifs is 1. The monoisotopic (exact) mass is 422 g/mol. The maximum atomic E-state index is 14.1. The summed E-state index contributed by atoms with van der Waals surface area (Å²) in [4.78, 5) is 25.2. The van der Waals surface area contributed by atoms with Gasteiger partial charge >= 0.3 is 5.97 Å². The lowest BCUT2D eigenvalue weighted by atomic mass is 9.75. The Bertz CT molecular complexity index is 779. The van der Waals surface area contributed by atoms with Crippen LogP contribution < -0.4 is 5.32 Å². The minimum atomic E-state index is -1.04. The van der Waals surface area contributed by atoms with Crippen molar-refractivity contribution in [2.45, 2.75) is 51.6 Å². The molecular weight excluding hydrogens is 391 g/mol. The summed E-state index contributed by atoms with van der Waals surface area (Å²) in [5.74, 6) is -1.30. The van der Waals surface area contributed by atoms with E-state index in [4.69, 9.17) is 10.2 Å². The van der Waals surface area contributed by atoms with Gasteiger partial charge in [0, 0.05) is 13.1 Å². The van der Waals surface area contributed by atoms with Crippen molar-refractivity contribution in [3.63, 3.8) is 0 Å². The number of rotatable bonds is 9. The molecule has 1 heterocycles. The lowest BCUT2D eigenvalue weighted by Crippen LogP contribution is -2.40. The smallest absolute Gasteiger partial charge is 0.323 e. The third-order valence-corrected chi connectivity index (χ3v) is 6.72. The topological polar surface area (TPSA) is 110 Å². The molecule has 1 aliphatic heterocycles. The Kier molecular flexibility index (Phi) is 7.31. The Balaban J connectivity index is 1.43. The summed E-state index contributed by atoms with van der Waals surface area (Å²) < 4.78 is 14.1. The van der Waals surface area contributed by atoms with Crippen LogP contribution in [-0.4, -0.2) is 57.8 Å². The third-order valence-electron chi connectivity index (χ3n) is 6.72. The predicted octanol–water partition coefficient (Wildman–Crippen LogP) is 2.35. The number of aromatic hydroxyl groups is 1. The van der Waals surface area contributed by atoms with Crippen molar-refractivity contribution in [3.05, 3.63) is 29.1 Å². The number of hydrogen-bond donors (Lipinski definition) is 4. The largest absolute Gasteiger partial charge is 0.505 e. The van der Waals surface area contributed by atoms with Crippen molar-refractivity contribution in [2.75, 3.05) is 19.7 Å². The fraction of sp³-hybridized carbons (Fsp3) is 0.636. The lowest BCUT2D eigenvalue weighted by molar-refractivity contribution is -0.140. The van der Waals surface area contributed by atoms with Crippen LogP contribution in [0.15, 0.2) is 12.1 Å². The van der Waals surface area contributed by atoms with E-state index < -0.39 is 30.2 Å². The zero-order valence-corrected chi connectivity index (χ0v) is 17.3. The van der Waals surface area contributed by atoms with Gasteiger partial charge in [-0.3, -0.25) is 9.59 Å². The second kappa shape index (κ2) is 9.75. The molecule has 0 saturated heterocycles. The molecule has 7 nitrogen and oxygen atoms in total. The summed E-state index contributed by atoms with van der Waals surface area (Å²) in [6.07, 6.45) is 4.97. The highest BCUT2D eigenvalue weighted by Crippen LogP contribution is 2.37. The first-order valence-electron chi connectivity index (χ1n) is 10.7. The highest BCUT2D eigenvalue weighted by molar-refractivity contribution is 5.99. The molecule has 0 bridgehead atoms. The first-order valence-corrected chi connectivity index (χ1v) is 10.7. The molecule has 1 fully saturated rings. The fourth-order valence-corrected chi connectivity index (χ4v) is 4.75. The van der Waals surface area contributed by atoms with Crippen molar-refractivity contribution < 1.29 is 29.3 Å². The number of nitrogens with one attached hydrogen (secondary N) is 1. The molecule has 166 valence electrons. The molecule has 1 unspecified atom stereocenters. The molecule has 1 aromatic rings. The fourth-order valence-electron chi connectivity index (χ4n) is 4.75. The van der Waals surface area contributed by atoms with Crippen LogP contribution in [-0.2, 0) is 11.3 Å². The number of hydrogen-bond acceptors (Lipinski definition) is 5. The number of aliphatic carboxylic acids is 1. The van der Waals surface area contributed by atoms with Gasteiger partial charge in [-0.1, -0.05) is 13.0 Å². The molecule has 0 aromatic heterocycles. The quantitative estimate of drug-likeness (QED) is 0.486. The number of aliphatic hydroxyl groups is 1. The summed E-state index contributed by atoms with van der Waals surface area (Å²) in [6, 6.07) is 2.00. The number of carboxylic acid groups (broad SMARTS) is 1. The number of phenolic OH excluding ortho intramolecular Hbond substituents is 1. The normalized spacial score (nSPS) is 23.3. The molecule has 8 heteroatoms. The lowest BCUT2D eigenvalue weighted by Gasteiger charge is -2.34. The van der Waals surface area contributed by atoms with Crippen molar-refractivity contribution in [3.8, 4) is 5.75 Å². The predicted molar refractivity (Wildman–Crippen MR) is 109 cm³/mol. The number of halogens is 1. The molecule has 1 saturated carbocycles.